The summed E-state index contributed by atoms with van der Waals surface area (Å²) in [7, 11) is 0. The molecule has 0 radical (unpaired) electrons. The molecule has 0 aliphatic heterocycles. The summed E-state index contributed by atoms with van der Waals surface area (Å²) in [6.45, 7) is 4.07. The first-order chi connectivity index (χ1) is 9.25. The second kappa shape index (κ2) is 7.26. The number of rotatable bonds is 7. The van der Waals surface area contributed by atoms with E-state index in [1.54, 1.807) is 11.3 Å². The predicted octanol–water partition coefficient (Wildman–Crippen LogP) is 2.80. The molecule has 0 fully saturated rings. The fourth-order valence-corrected chi connectivity index (χ4v) is 2.68. The summed E-state index contributed by atoms with van der Waals surface area (Å²) < 4.78 is 0. The second-order valence-electron chi connectivity index (χ2n) is 4.66. The maximum absolute atomic E-state index is 5.91. The van der Waals surface area contributed by atoms with E-state index in [0.717, 1.165) is 43.0 Å². The molecule has 4 heteroatoms. The maximum atomic E-state index is 5.91. The number of benzene rings is 1. The molecule has 1 heterocycles. The number of nitrogens with one attached hydrogen (secondary N) is 1. The number of aryl methyl sites for hydroxylation is 2. The van der Waals surface area contributed by atoms with Gasteiger partial charge in [0.1, 0.15) is 0 Å². The lowest BCUT2D eigenvalue weighted by atomic mass is 10.1. The van der Waals surface area contributed by atoms with Gasteiger partial charge in [0.25, 0.3) is 0 Å². The van der Waals surface area contributed by atoms with Crippen LogP contribution in [0.25, 0.3) is 0 Å². The van der Waals surface area contributed by atoms with Crippen molar-refractivity contribution in [1.29, 1.82) is 0 Å². The van der Waals surface area contributed by atoms with Gasteiger partial charge in [-0.1, -0.05) is 18.2 Å². The van der Waals surface area contributed by atoms with E-state index < -0.39 is 0 Å². The van der Waals surface area contributed by atoms with Crippen molar-refractivity contribution in [3.63, 3.8) is 0 Å². The summed E-state index contributed by atoms with van der Waals surface area (Å²) in [5, 5.41) is 6.74. The van der Waals surface area contributed by atoms with Crippen LogP contribution in [0.3, 0.4) is 0 Å². The van der Waals surface area contributed by atoms with Crippen LogP contribution >= 0.6 is 11.3 Å². The number of hydrogen-bond donors (Lipinski definition) is 2. The summed E-state index contributed by atoms with van der Waals surface area (Å²) in [4.78, 5) is 4.45. The third-order valence-corrected chi connectivity index (χ3v) is 3.90. The third kappa shape index (κ3) is 4.65. The molecule has 3 N–H and O–H groups in total. The Morgan fingerprint density at radius 2 is 2.05 bits per heavy atom. The highest BCUT2D eigenvalue weighted by Crippen LogP contribution is 2.12. The molecule has 0 atom stereocenters. The molecule has 1 aromatic carbocycles. The van der Waals surface area contributed by atoms with Gasteiger partial charge in [0.15, 0.2) is 0 Å². The molecule has 0 bridgehead atoms. The van der Waals surface area contributed by atoms with Crippen LogP contribution in [0.5, 0.6) is 0 Å². The van der Waals surface area contributed by atoms with Crippen LogP contribution in [0.4, 0.5) is 5.69 Å². The monoisotopic (exact) mass is 275 g/mol. The van der Waals surface area contributed by atoms with Crippen LogP contribution in [-0.2, 0) is 12.8 Å². The minimum atomic E-state index is 0.903. The molecule has 19 heavy (non-hydrogen) atoms. The van der Waals surface area contributed by atoms with Crippen LogP contribution in [-0.4, -0.2) is 18.1 Å². The summed E-state index contributed by atoms with van der Waals surface area (Å²) in [5.41, 5.74) is 9.26. The Balaban J connectivity index is 1.59. The Kier molecular flexibility index (Phi) is 5.36. The quantitative estimate of drug-likeness (QED) is 0.603. The molecule has 0 aliphatic rings. The lowest BCUT2D eigenvalue weighted by Gasteiger charge is -2.06. The normalized spacial score (nSPS) is 10.8. The van der Waals surface area contributed by atoms with Gasteiger partial charge in [-0.05, 0) is 37.9 Å². The van der Waals surface area contributed by atoms with Crippen LogP contribution in [0.1, 0.15) is 22.7 Å². The number of aromatic nitrogens is 1. The molecule has 3 nitrogen and oxygen atoms in total. The molecule has 0 saturated heterocycles. The second-order valence-corrected chi connectivity index (χ2v) is 5.72. The van der Waals surface area contributed by atoms with Gasteiger partial charge in [-0.15, -0.1) is 11.3 Å². The van der Waals surface area contributed by atoms with Gasteiger partial charge in [0, 0.05) is 24.0 Å². The Labute approximate surface area is 118 Å². The number of thiazole rings is 1. The van der Waals surface area contributed by atoms with Gasteiger partial charge in [0.2, 0.25) is 0 Å². The minimum absolute atomic E-state index is 0.903. The van der Waals surface area contributed by atoms with E-state index in [1.807, 2.05) is 25.1 Å². The van der Waals surface area contributed by atoms with Crippen molar-refractivity contribution in [2.45, 2.75) is 26.2 Å². The average Bonchev–Trinajstić information content (AvgIpc) is 2.81. The molecule has 0 unspecified atom stereocenters. The van der Waals surface area contributed by atoms with Crippen molar-refractivity contribution >= 4 is 17.0 Å². The number of nitrogens with two attached hydrogens (primary N) is 1. The molecule has 1 aromatic heterocycles. The minimum Gasteiger partial charge on any atom is -0.399 e. The van der Waals surface area contributed by atoms with E-state index in [4.69, 9.17) is 5.73 Å². The van der Waals surface area contributed by atoms with Crippen molar-refractivity contribution in [3.8, 4) is 0 Å². The Morgan fingerprint density at radius 1 is 1.21 bits per heavy atom. The van der Waals surface area contributed by atoms with Crippen molar-refractivity contribution in [2.75, 3.05) is 18.8 Å². The van der Waals surface area contributed by atoms with E-state index in [1.165, 1.54) is 11.3 Å². The molecule has 2 rings (SSSR count). The van der Waals surface area contributed by atoms with E-state index in [-0.39, 0.29) is 0 Å². The Bertz CT molecular complexity index is 508. The summed E-state index contributed by atoms with van der Waals surface area (Å²) >= 11 is 1.72. The smallest absolute Gasteiger partial charge is 0.0897 e. The molecule has 0 saturated carbocycles. The Morgan fingerprint density at radius 3 is 2.79 bits per heavy atom. The summed E-state index contributed by atoms with van der Waals surface area (Å²) in [6, 6.07) is 8.09. The van der Waals surface area contributed by atoms with E-state index >= 15 is 0 Å². The standard InChI is InChI=1S/C15H21N3S/c1-12-18-14(11-19-12)8-10-17-9-4-6-13-5-2-3-7-15(13)16/h2-3,5,7,11,17H,4,6,8-10,16H2,1H3. The van der Waals surface area contributed by atoms with Gasteiger partial charge in [-0.25, -0.2) is 4.98 Å². The SMILES string of the molecule is Cc1nc(CCNCCCc2ccccc2N)cs1. The van der Waals surface area contributed by atoms with Gasteiger partial charge in [0.05, 0.1) is 10.7 Å². The van der Waals surface area contributed by atoms with E-state index in [2.05, 4.69) is 21.7 Å². The van der Waals surface area contributed by atoms with Gasteiger partial charge in [-0.3, -0.25) is 0 Å². The highest BCUT2D eigenvalue weighted by atomic mass is 32.1. The molecular formula is C15H21N3S. The van der Waals surface area contributed by atoms with Crippen molar-refractivity contribution in [3.05, 3.63) is 45.9 Å². The molecule has 0 amide bonds. The van der Waals surface area contributed by atoms with Crippen LogP contribution in [0, 0.1) is 6.92 Å². The molecule has 0 spiro atoms. The highest BCUT2D eigenvalue weighted by molar-refractivity contribution is 7.09. The molecule has 2 aromatic rings. The van der Waals surface area contributed by atoms with Gasteiger partial charge < -0.3 is 11.1 Å². The largest absolute Gasteiger partial charge is 0.399 e. The predicted molar refractivity (Wildman–Crippen MR) is 82.6 cm³/mol. The van der Waals surface area contributed by atoms with Crippen LogP contribution < -0.4 is 11.1 Å². The zero-order valence-corrected chi connectivity index (χ0v) is 12.2. The summed E-state index contributed by atoms with van der Waals surface area (Å²) in [6.07, 6.45) is 3.16. The fourth-order valence-electron chi connectivity index (χ4n) is 2.03. The van der Waals surface area contributed by atoms with E-state index in [0.29, 0.717) is 0 Å². The fraction of sp³-hybridized carbons (Fsp3) is 0.400. The number of anilines is 1. The Hall–Kier alpha value is -1.39. The molecule has 102 valence electrons. The lowest BCUT2D eigenvalue weighted by molar-refractivity contribution is 0.644. The van der Waals surface area contributed by atoms with Crippen molar-refractivity contribution < 1.29 is 0 Å². The average molecular weight is 275 g/mol. The zero-order chi connectivity index (χ0) is 13.5. The van der Waals surface area contributed by atoms with E-state index in [9.17, 15) is 0 Å². The number of para-hydroxylation sites is 1. The number of hydrogen-bond acceptors (Lipinski definition) is 4. The van der Waals surface area contributed by atoms with Crippen LogP contribution in [0.15, 0.2) is 29.6 Å². The maximum Gasteiger partial charge on any atom is 0.0897 e. The first-order valence-corrected chi connectivity index (χ1v) is 7.59. The topological polar surface area (TPSA) is 50.9 Å². The zero-order valence-electron chi connectivity index (χ0n) is 11.4. The van der Waals surface area contributed by atoms with Crippen LogP contribution in [0.2, 0.25) is 0 Å². The molecular weight excluding hydrogens is 254 g/mol. The lowest BCUT2D eigenvalue weighted by Crippen LogP contribution is -2.19. The number of nitrogen functional groups attached to an aromatic ring is 1. The number of nitrogens with zero attached hydrogens (tertiary/aromatic N) is 1. The highest BCUT2D eigenvalue weighted by Gasteiger charge is 1.99. The third-order valence-electron chi connectivity index (χ3n) is 3.08. The molecule has 0 aliphatic carbocycles. The van der Waals surface area contributed by atoms with Gasteiger partial charge >= 0.3 is 0 Å². The van der Waals surface area contributed by atoms with Crippen molar-refractivity contribution in [2.24, 2.45) is 0 Å². The first kappa shape index (κ1) is 14.0. The summed E-state index contributed by atoms with van der Waals surface area (Å²) in [5.74, 6) is 0. The van der Waals surface area contributed by atoms with Gasteiger partial charge in [-0.2, -0.15) is 0 Å². The van der Waals surface area contributed by atoms with Crippen molar-refractivity contribution in [1.82, 2.24) is 10.3 Å². The first-order valence-electron chi connectivity index (χ1n) is 6.71.